The summed E-state index contributed by atoms with van der Waals surface area (Å²) in [5.41, 5.74) is 1.41. The highest BCUT2D eigenvalue weighted by molar-refractivity contribution is 6.77. The molecule has 4 nitrogen and oxygen atoms in total. The zero-order valence-corrected chi connectivity index (χ0v) is 32.4. The van der Waals surface area contributed by atoms with Crippen molar-refractivity contribution < 1.29 is 18.4 Å². The van der Waals surface area contributed by atoms with Crippen LogP contribution in [0.25, 0.3) is 0 Å². The molecular formula is C36H74O4Si2. The third kappa shape index (κ3) is 16.6. The fourth-order valence-corrected chi connectivity index (χ4v) is 12.5. The van der Waals surface area contributed by atoms with Crippen LogP contribution in [0.5, 0.6) is 0 Å². The Balaban J connectivity index is 4.61. The normalized spacial score (nSPS) is 14.1. The molecule has 1 atom stereocenters. The summed E-state index contributed by atoms with van der Waals surface area (Å²) in [7, 11) is -4.07. The quantitative estimate of drug-likeness (QED) is 0.0437. The van der Waals surface area contributed by atoms with E-state index in [1.807, 2.05) is 0 Å². The third-order valence-corrected chi connectivity index (χ3v) is 20.2. The molecule has 6 heteroatoms. The summed E-state index contributed by atoms with van der Waals surface area (Å²) < 4.78 is 19.5. The molecule has 0 amide bonds. The second-order valence-electron chi connectivity index (χ2n) is 15.1. The number of carbonyl (C=O) groups excluding carboxylic acids is 1. The van der Waals surface area contributed by atoms with E-state index >= 15 is 0 Å². The topological polar surface area (TPSA) is 44.8 Å². The Morgan fingerprint density at radius 3 is 1.60 bits per heavy atom. The maximum atomic E-state index is 12.7. The zero-order chi connectivity index (χ0) is 32.2. The molecule has 0 heterocycles. The molecule has 0 unspecified atom stereocenters. The number of hydrogen-bond donors (Lipinski definition) is 0. The van der Waals surface area contributed by atoms with E-state index in [-0.39, 0.29) is 17.1 Å². The van der Waals surface area contributed by atoms with E-state index in [0.29, 0.717) is 36.3 Å². The van der Waals surface area contributed by atoms with Crippen molar-refractivity contribution in [3.05, 3.63) is 12.2 Å². The Kier molecular flexibility index (Phi) is 21.9. The van der Waals surface area contributed by atoms with Crippen molar-refractivity contribution in [3.63, 3.8) is 0 Å². The summed E-state index contributed by atoms with van der Waals surface area (Å²) in [6, 6.07) is 0. The van der Waals surface area contributed by atoms with Gasteiger partial charge in [-0.3, -0.25) is 4.79 Å². The second kappa shape index (κ2) is 22.1. The van der Waals surface area contributed by atoms with Crippen molar-refractivity contribution in [2.75, 3.05) is 13.2 Å². The predicted molar refractivity (Wildman–Crippen MR) is 189 cm³/mol. The van der Waals surface area contributed by atoms with Crippen molar-refractivity contribution in [1.82, 2.24) is 0 Å². The van der Waals surface area contributed by atoms with Crippen LogP contribution in [0.4, 0.5) is 0 Å². The van der Waals surface area contributed by atoms with Gasteiger partial charge in [0.15, 0.2) is 8.32 Å². The SMILES string of the molecule is CCCCCCCC/C=C\CCCCCCCC(=O)OC[C@H](CO[Si](C)(C)C(C)(C)C)O[Si](C(C)C)(C(C)C)C(C)C. The summed E-state index contributed by atoms with van der Waals surface area (Å²) in [6.07, 6.45) is 21.3. The van der Waals surface area contributed by atoms with Crippen LogP contribution >= 0.6 is 0 Å². The van der Waals surface area contributed by atoms with E-state index in [2.05, 4.69) is 94.5 Å². The van der Waals surface area contributed by atoms with Crippen molar-refractivity contribution in [3.8, 4) is 0 Å². The maximum absolute atomic E-state index is 12.7. The highest BCUT2D eigenvalue weighted by Gasteiger charge is 2.47. The van der Waals surface area contributed by atoms with Gasteiger partial charge in [0, 0.05) is 6.42 Å². The molecule has 0 aliphatic rings. The van der Waals surface area contributed by atoms with Crippen LogP contribution in [0.2, 0.25) is 34.8 Å². The summed E-state index contributed by atoms with van der Waals surface area (Å²) in [6.45, 7) is 28.2. The van der Waals surface area contributed by atoms with Crippen LogP contribution in [0.1, 0.15) is 159 Å². The molecule has 0 fully saturated rings. The van der Waals surface area contributed by atoms with Gasteiger partial charge in [0.2, 0.25) is 8.32 Å². The lowest BCUT2D eigenvalue weighted by Crippen LogP contribution is -2.53. The molecule has 0 aliphatic heterocycles. The first-order chi connectivity index (χ1) is 19.6. The molecule has 0 aromatic carbocycles. The largest absolute Gasteiger partial charge is 0.463 e. The van der Waals surface area contributed by atoms with Gasteiger partial charge in [-0.1, -0.05) is 133 Å². The number of ether oxygens (including phenoxy) is 1. The summed E-state index contributed by atoms with van der Waals surface area (Å²) in [5, 5.41) is 0.126. The van der Waals surface area contributed by atoms with E-state index in [1.165, 1.54) is 70.6 Å². The molecular weight excluding hydrogens is 553 g/mol. The molecule has 0 aromatic heterocycles. The lowest BCUT2D eigenvalue weighted by Gasteiger charge is -2.45. The molecule has 0 bridgehead atoms. The van der Waals surface area contributed by atoms with E-state index in [1.54, 1.807) is 0 Å². The van der Waals surface area contributed by atoms with Gasteiger partial charge in [0.25, 0.3) is 0 Å². The summed E-state index contributed by atoms with van der Waals surface area (Å²) in [5.74, 6) is -0.0977. The van der Waals surface area contributed by atoms with Crippen LogP contribution < -0.4 is 0 Å². The third-order valence-electron chi connectivity index (χ3n) is 9.59. The highest BCUT2D eigenvalue weighted by atomic mass is 28.4. The number of esters is 1. The summed E-state index contributed by atoms with van der Waals surface area (Å²) >= 11 is 0. The fourth-order valence-electron chi connectivity index (χ4n) is 5.93. The van der Waals surface area contributed by atoms with E-state index in [0.717, 1.165) is 12.8 Å². The number of allylic oxidation sites excluding steroid dienone is 2. The molecule has 0 saturated carbocycles. The van der Waals surface area contributed by atoms with Gasteiger partial charge in [-0.15, -0.1) is 0 Å². The zero-order valence-electron chi connectivity index (χ0n) is 30.4. The minimum atomic E-state index is -2.13. The Morgan fingerprint density at radius 2 is 1.14 bits per heavy atom. The molecule has 0 spiro atoms. The lowest BCUT2D eigenvalue weighted by atomic mass is 10.1. The first-order valence-electron chi connectivity index (χ1n) is 17.7. The predicted octanol–water partition coefficient (Wildman–Crippen LogP) is 12.1. The fraction of sp³-hybridized carbons (Fsp3) is 0.917. The van der Waals surface area contributed by atoms with Crippen LogP contribution in [0, 0.1) is 0 Å². The molecule has 0 radical (unpaired) electrons. The summed E-state index contributed by atoms with van der Waals surface area (Å²) in [4.78, 5) is 12.7. The molecule has 0 aliphatic carbocycles. The van der Waals surface area contributed by atoms with Gasteiger partial charge in [-0.2, -0.15) is 0 Å². The number of carbonyl (C=O) groups is 1. The van der Waals surface area contributed by atoms with Gasteiger partial charge >= 0.3 is 5.97 Å². The average molecular weight is 627 g/mol. The Bertz CT molecular complexity index is 688. The molecule has 42 heavy (non-hydrogen) atoms. The molecule has 0 N–H and O–H groups in total. The van der Waals surface area contributed by atoms with E-state index in [9.17, 15) is 4.79 Å². The molecule has 0 aromatic rings. The maximum Gasteiger partial charge on any atom is 0.305 e. The average Bonchev–Trinajstić information content (AvgIpc) is 2.89. The smallest absolute Gasteiger partial charge is 0.305 e. The number of hydrogen-bond acceptors (Lipinski definition) is 4. The van der Waals surface area contributed by atoms with E-state index in [4.69, 9.17) is 13.6 Å². The molecule has 0 saturated heterocycles. The molecule has 250 valence electrons. The van der Waals surface area contributed by atoms with Crippen molar-refractivity contribution in [2.24, 2.45) is 0 Å². The minimum Gasteiger partial charge on any atom is -0.463 e. The van der Waals surface area contributed by atoms with Gasteiger partial charge in [-0.25, -0.2) is 0 Å². The Hall–Kier alpha value is -0.436. The second-order valence-corrected chi connectivity index (χ2v) is 25.4. The van der Waals surface area contributed by atoms with Gasteiger partial charge in [0.1, 0.15) is 12.7 Å². The number of rotatable bonds is 25. The van der Waals surface area contributed by atoms with Gasteiger partial charge < -0.3 is 13.6 Å². The minimum absolute atomic E-state index is 0.0977. The van der Waals surface area contributed by atoms with Crippen molar-refractivity contribution in [1.29, 1.82) is 0 Å². The lowest BCUT2D eigenvalue weighted by molar-refractivity contribution is -0.147. The van der Waals surface area contributed by atoms with Crippen LogP contribution in [-0.4, -0.2) is 41.9 Å². The van der Waals surface area contributed by atoms with Gasteiger partial charge in [0.05, 0.1) is 6.61 Å². The monoisotopic (exact) mass is 627 g/mol. The Labute approximate surface area is 265 Å². The van der Waals surface area contributed by atoms with Crippen LogP contribution in [-0.2, 0) is 18.4 Å². The van der Waals surface area contributed by atoms with Crippen LogP contribution in [0.15, 0.2) is 12.2 Å². The van der Waals surface area contributed by atoms with Crippen molar-refractivity contribution >= 4 is 22.6 Å². The highest BCUT2D eigenvalue weighted by Crippen LogP contribution is 2.43. The standard InChI is InChI=1S/C36H74O4Si2/c1-13-14-15-16-17-18-19-20-21-22-23-24-25-26-27-28-35(37)38-29-34(30-39-41(11,12)36(8,9)10)40-42(31(2)3,32(4)5)33(6)7/h20-21,31-34H,13-19,22-30H2,1-12H3/b21-20-/t34-/m1/s1. The van der Waals surface area contributed by atoms with Gasteiger partial charge in [-0.05, 0) is 66.9 Å². The molecule has 0 rings (SSSR count). The number of unbranched alkanes of at least 4 members (excludes halogenated alkanes) is 11. The van der Waals surface area contributed by atoms with Crippen molar-refractivity contribution in [2.45, 2.75) is 200 Å². The first kappa shape index (κ1) is 41.6. The first-order valence-corrected chi connectivity index (χ1v) is 22.8. The van der Waals surface area contributed by atoms with Crippen LogP contribution in [0.3, 0.4) is 0 Å². The van der Waals surface area contributed by atoms with E-state index < -0.39 is 16.6 Å². The Morgan fingerprint density at radius 1 is 0.690 bits per heavy atom.